The molecular formula is C24H27FN4O. The molecule has 0 spiro atoms. The molecule has 0 unspecified atom stereocenters. The summed E-state index contributed by atoms with van der Waals surface area (Å²) in [5.41, 5.74) is 3.14. The van der Waals surface area contributed by atoms with E-state index in [4.69, 9.17) is 0 Å². The lowest BCUT2D eigenvalue weighted by Gasteiger charge is -2.36. The molecule has 0 atom stereocenters. The van der Waals surface area contributed by atoms with Crippen molar-refractivity contribution in [2.75, 3.05) is 36.4 Å². The monoisotopic (exact) mass is 406 g/mol. The van der Waals surface area contributed by atoms with Gasteiger partial charge in [-0.15, -0.1) is 0 Å². The van der Waals surface area contributed by atoms with Gasteiger partial charge < -0.3 is 15.1 Å². The van der Waals surface area contributed by atoms with Gasteiger partial charge in [0.1, 0.15) is 17.5 Å². The van der Waals surface area contributed by atoms with Crippen molar-refractivity contribution in [2.45, 2.75) is 26.2 Å². The quantitative estimate of drug-likeness (QED) is 0.549. The molecule has 6 heteroatoms. The molecule has 2 aromatic rings. The van der Waals surface area contributed by atoms with E-state index in [1.807, 2.05) is 18.2 Å². The fourth-order valence-corrected chi connectivity index (χ4v) is 3.44. The highest BCUT2D eigenvalue weighted by Gasteiger charge is 2.23. The average molecular weight is 407 g/mol. The van der Waals surface area contributed by atoms with Gasteiger partial charge in [-0.05, 0) is 54.8 Å². The highest BCUT2D eigenvalue weighted by atomic mass is 19.1. The van der Waals surface area contributed by atoms with E-state index in [1.165, 1.54) is 23.9 Å². The number of nitriles is 1. The van der Waals surface area contributed by atoms with Crippen LogP contribution < -0.4 is 10.2 Å². The molecule has 1 aliphatic rings. The lowest BCUT2D eigenvalue weighted by molar-refractivity contribution is -0.127. The minimum atomic E-state index is -0.275. The first-order chi connectivity index (χ1) is 14.6. The third kappa shape index (κ3) is 5.60. The molecule has 2 aromatic carbocycles. The Morgan fingerprint density at radius 2 is 1.77 bits per heavy atom. The summed E-state index contributed by atoms with van der Waals surface area (Å²) in [6.45, 7) is 4.48. The second-order valence-electron chi connectivity index (χ2n) is 7.37. The molecule has 30 heavy (non-hydrogen) atoms. The number of unbranched alkanes of at least 4 members (excludes halogenated alkanes) is 1. The Balaban J connectivity index is 1.55. The fraction of sp³-hybridized carbons (Fsp3) is 0.333. The first-order valence-corrected chi connectivity index (χ1v) is 10.4. The maximum atomic E-state index is 13.1. The van der Waals surface area contributed by atoms with Crippen molar-refractivity contribution >= 4 is 17.3 Å². The number of rotatable bonds is 7. The molecule has 0 aromatic heterocycles. The molecule has 0 saturated carbocycles. The van der Waals surface area contributed by atoms with E-state index in [0.29, 0.717) is 26.2 Å². The number of benzene rings is 2. The van der Waals surface area contributed by atoms with Gasteiger partial charge in [-0.3, -0.25) is 4.79 Å². The summed E-state index contributed by atoms with van der Waals surface area (Å²) in [6, 6.07) is 16.4. The van der Waals surface area contributed by atoms with Crippen molar-refractivity contribution in [1.82, 2.24) is 4.90 Å². The summed E-state index contributed by atoms with van der Waals surface area (Å²) in [5, 5.41) is 12.5. The Morgan fingerprint density at radius 1 is 1.10 bits per heavy atom. The molecule has 0 radical (unpaired) electrons. The van der Waals surface area contributed by atoms with Gasteiger partial charge in [0.2, 0.25) is 0 Å². The van der Waals surface area contributed by atoms with Crippen LogP contribution in [0.1, 0.15) is 25.3 Å². The van der Waals surface area contributed by atoms with Gasteiger partial charge in [-0.2, -0.15) is 5.26 Å². The molecule has 5 nitrogen and oxygen atoms in total. The zero-order valence-corrected chi connectivity index (χ0v) is 17.3. The largest absolute Gasteiger partial charge is 0.368 e. The summed E-state index contributed by atoms with van der Waals surface area (Å²) in [4.78, 5) is 16.5. The number of halogens is 1. The van der Waals surface area contributed by atoms with Crippen molar-refractivity contribution in [3.8, 4) is 6.07 Å². The van der Waals surface area contributed by atoms with Crippen LogP contribution in [-0.4, -0.2) is 37.0 Å². The number of aryl methyl sites for hydroxylation is 1. The number of nitrogens with zero attached hydrogens (tertiary/aromatic N) is 3. The third-order valence-corrected chi connectivity index (χ3v) is 5.27. The van der Waals surface area contributed by atoms with Crippen LogP contribution in [0.2, 0.25) is 0 Å². The van der Waals surface area contributed by atoms with E-state index in [-0.39, 0.29) is 17.3 Å². The van der Waals surface area contributed by atoms with E-state index in [0.717, 1.165) is 30.6 Å². The minimum absolute atomic E-state index is 0.0836. The minimum Gasteiger partial charge on any atom is -0.368 e. The van der Waals surface area contributed by atoms with Gasteiger partial charge in [0.15, 0.2) is 0 Å². The third-order valence-electron chi connectivity index (χ3n) is 5.27. The van der Waals surface area contributed by atoms with Crippen molar-refractivity contribution in [2.24, 2.45) is 0 Å². The molecule has 1 saturated heterocycles. The van der Waals surface area contributed by atoms with Crippen LogP contribution in [-0.2, 0) is 11.2 Å². The van der Waals surface area contributed by atoms with E-state index < -0.39 is 0 Å². The maximum Gasteiger partial charge on any atom is 0.266 e. The number of amides is 1. The van der Waals surface area contributed by atoms with Crippen LogP contribution in [0.25, 0.3) is 0 Å². The van der Waals surface area contributed by atoms with Crippen molar-refractivity contribution in [3.05, 3.63) is 71.7 Å². The highest BCUT2D eigenvalue weighted by Crippen LogP contribution is 2.18. The molecule has 1 N–H and O–H groups in total. The first-order valence-electron chi connectivity index (χ1n) is 10.4. The number of nitrogens with one attached hydrogen (secondary N) is 1. The predicted molar refractivity (Wildman–Crippen MR) is 118 cm³/mol. The van der Waals surface area contributed by atoms with Gasteiger partial charge >= 0.3 is 0 Å². The predicted octanol–water partition coefficient (Wildman–Crippen LogP) is 4.34. The summed E-state index contributed by atoms with van der Waals surface area (Å²) in [7, 11) is 0. The first kappa shape index (κ1) is 21.4. The maximum absolute atomic E-state index is 13.1. The Hall–Kier alpha value is -3.33. The van der Waals surface area contributed by atoms with E-state index in [1.54, 1.807) is 17.0 Å². The SMILES string of the molecule is CCCCc1ccc(N/C=C(/C#N)C(=O)N2CCN(c3ccc(F)cc3)CC2)cc1. The van der Waals surface area contributed by atoms with Crippen molar-refractivity contribution < 1.29 is 9.18 Å². The Kier molecular flexibility index (Phi) is 7.45. The Morgan fingerprint density at radius 3 is 2.37 bits per heavy atom. The van der Waals surface area contributed by atoms with Gasteiger partial charge in [0.05, 0.1) is 0 Å². The van der Waals surface area contributed by atoms with Crippen LogP contribution >= 0.6 is 0 Å². The lowest BCUT2D eigenvalue weighted by Crippen LogP contribution is -2.49. The second-order valence-corrected chi connectivity index (χ2v) is 7.37. The van der Waals surface area contributed by atoms with Crippen LogP contribution in [0.5, 0.6) is 0 Å². The van der Waals surface area contributed by atoms with Crippen LogP contribution in [0.4, 0.5) is 15.8 Å². The number of anilines is 2. The van der Waals surface area contributed by atoms with Crippen LogP contribution in [0, 0.1) is 17.1 Å². The number of carbonyl (C=O) groups is 1. The molecule has 1 amide bonds. The molecule has 1 fully saturated rings. The summed E-state index contributed by atoms with van der Waals surface area (Å²) in [5.74, 6) is -0.539. The normalized spacial score (nSPS) is 14.4. The fourth-order valence-electron chi connectivity index (χ4n) is 3.44. The molecule has 0 aliphatic carbocycles. The smallest absolute Gasteiger partial charge is 0.266 e. The molecular weight excluding hydrogens is 379 g/mol. The average Bonchev–Trinajstić information content (AvgIpc) is 2.79. The van der Waals surface area contributed by atoms with Crippen LogP contribution in [0.15, 0.2) is 60.3 Å². The second kappa shape index (κ2) is 10.4. The summed E-state index contributed by atoms with van der Waals surface area (Å²) < 4.78 is 13.1. The van der Waals surface area contributed by atoms with E-state index >= 15 is 0 Å². The summed E-state index contributed by atoms with van der Waals surface area (Å²) in [6.07, 6.45) is 4.86. The molecule has 156 valence electrons. The van der Waals surface area contributed by atoms with E-state index in [9.17, 15) is 14.4 Å². The molecule has 0 bridgehead atoms. The molecule has 1 heterocycles. The van der Waals surface area contributed by atoms with Gasteiger partial charge in [-0.25, -0.2) is 4.39 Å². The number of carbonyl (C=O) groups excluding carboxylic acids is 1. The van der Waals surface area contributed by atoms with E-state index in [2.05, 4.69) is 29.3 Å². The Bertz CT molecular complexity index is 908. The van der Waals surface area contributed by atoms with Crippen molar-refractivity contribution in [1.29, 1.82) is 5.26 Å². The number of piperazine rings is 1. The number of hydrogen-bond acceptors (Lipinski definition) is 4. The van der Waals surface area contributed by atoms with Gasteiger partial charge in [0.25, 0.3) is 5.91 Å². The molecule has 3 rings (SSSR count). The topological polar surface area (TPSA) is 59.4 Å². The Labute approximate surface area is 177 Å². The van der Waals surface area contributed by atoms with Crippen LogP contribution in [0.3, 0.4) is 0 Å². The standard InChI is InChI=1S/C24H27FN4O/c1-2-3-4-19-5-9-22(10-6-19)27-18-20(17-26)24(30)29-15-13-28(14-16-29)23-11-7-21(25)8-12-23/h5-12,18,27H,2-4,13-16H2,1H3/b20-18-. The number of hydrogen-bond donors (Lipinski definition) is 1. The molecule has 1 aliphatic heterocycles. The van der Waals surface area contributed by atoms with Crippen molar-refractivity contribution in [3.63, 3.8) is 0 Å². The lowest BCUT2D eigenvalue weighted by atomic mass is 10.1. The summed E-state index contributed by atoms with van der Waals surface area (Å²) >= 11 is 0. The van der Waals surface area contributed by atoms with Gasteiger partial charge in [0, 0.05) is 43.8 Å². The zero-order chi connectivity index (χ0) is 21.3. The zero-order valence-electron chi connectivity index (χ0n) is 17.3. The van der Waals surface area contributed by atoms with Gasteiger partial charge in [-0.1, -0.05) is 25.5 Å². The highest BCUT2D eigenvalue weighted by molar-refractivity contribution is 5.97.